The lowest BCUT2D eigenvalue weighted by molar-refractivity contribution is 0.174. The van der Waals surface area contributed by atoms with Crippen LogP contribution >= 0.6 is 24.0 Å². The average Bonchev–Trinajstić information content (AvgIpc) is 3.07. The minimum absolute atomic E-state index is 0. The average molecular weight is 462 g/mol. The van der Waals surface area contributed by atoms with Crippen LogP contribution in [-0.4, -0.2) is 57.4 Å². The number of nitrogens with zero attached hydrogens (tertiary/aromatic N) is 2. The largest absolute Gasteiger partial charge is 0.454 e. The van der Waals surface area contributed by atoms with Crippen molar-refractivity contribution in [1.82, 2.24) is 15.5 Å². The van der Waals surface area contributed by atoms with Crippen LogP contribution in [0.15, 0.2) is 23.2 Å². The molecule has 25 heavy (non-hydrogen) atoms. The molecule has 0 amide bonds. The van der Waals surface area contributed by atoms with Crippen molar-refractivity contribution < 1.29 is 9.47 Å². The molecule has 0 saturated heterocycles. The van der Waals surface area contributed by atoms with Crippen molar-refractivity contribution >= 4 is 29.9 Å². The lowest BCUT2D eigenvalue weighted by atomic mass is 10.1. The van der Waals surface area contributed by atoms with Gasteiger partial charge in [-0.15, -0.1) is 24.0 Å². The van der Waals surface area contributed by atoms with E-state index < -0.39 is 0 Å². The Labute approximate surface area is 168 Å². The molecule has 0 aliphatic carbocycles. The molecular formula is C18H31IN4O2. The number of rotatable bonds is 9. The predicted molar refractivity (Wildman–Crippen MR) is 113 cm³/mol. The Hall–Kier alpha value is -1.22. The zero-order valence-electron chi connectivity index (χ0n) is 15.5. The van der Waals surface area contributed by atoms with Crippen LogP contribution in [0.4, 0.5) is 0 Å². The smallest absolute Gasteiger partial charge is 0.231 e. The maximum atomic E-state index is 5.41. The maximum absolute atomic E-state index is 5.41. The fraction of sp³-hybridized carbons (Fsp3) is 0.611. The van der Waals surface area contributed by atoms with Crippen molar-refractivity contribution in [2.24, 2.45) is 4.99 Å². The molecule has 0 radical (unpaired) electrons. The maximum Gasteiger partial charge on any atom is 0.231 e. The van der Waals surface area contributed by atoms with Gasteiger partial charge in [-0.3, -0.25) is 4.99 Å². The van der Waals surface area contributed by atoms with E-state index in [0.29, 0.717) is 6.79 Å². The molecule has 142 valence electrons. The molecule has 2 rings (SSSR count). The molecule has 0 bridgehead atoms. The Morgan fingerprint density at radius 1 is 1.12 bits per heavy atom. The number of benzene rings is 1. The van der Waals surface area contributed by atoms with Gasteiger partial charge in [0.05, 0.1) is 0 Å². The van der Waals surface area contributed by atoms with E-state index in [2.05, 4.69) is 40.4 Å². The Morgan fingerprint density at radius 3 is 2.60 bits per heavy atom. The lowest BCUT2D eigenvalue weighted by Crippen LogP contribution is -2.42. The standard InChI is InChI=1S/C18H30N4O2.HI/c1-4-11-22(5-2)12-10-21-18(19-3)20-9-8-15-6-7-16-17(13-15)24-14-23-16;/h6-7,13H,4-5,8-12,14H2,1-3H3,(H2,19,20,21);1H. The number of hydrogen-bond donors (Lipinski definition) is 2. The molecule has 1 heterocycles. The third kappa shape index (κ3) is 7.27. The second-order valence-electron chi connectivity index (χ2n) is 5.80. The molecule has 1 aliphatic heterocycles. The number of ether oxygens (including phenoxy) is 2. The van der Waals surface area contributed by atoms with Gasteiger partial charge in [0.25, 0.3) is 0 Å². The van der Waals surface area contributed by atoms with Crippen molar-refractivity contribution in [1.29, 1.82) is 0 Å². The van der Waals surface area contributed by atoms with Gasteiger partial charge in [0.1, 0.15) is 0 Å². The molecule has 2 N–H and O–H groups in total. The molecule has 1 aliphatic rings. The van der Waals surface area contributed by atoms with E-state index in [1.807, 2.05) is 12.1 Å². The Bertz CT molecular complexity index is 540. The molecule has 0 unspecified atom stereocenters. The van der Waals surface area contributed by atoms with Crippen LogP contribution < -0.4 is 20.1 Å². The predicted octanol–water partition coefficient (Wildman–Crippen LogP) is 2.47. The SMILES string of the molecule is CCCN(CC)CCNC(=NC)NCCc1ccc2c(c1)OCO2.I. The van der Waals surface area contributed by atoms with Crippen molar-refractivity contribution in [2.45, 2.75) is 26.7 Å². The minimum Gasteiger partial charge on any atom is -0.454 e. The first-order chi connectivity index (χ1) is 11.8. The molecule has 6 nitrogen and oxygen atoms in total. The topological polar surface area (TPSA) is 58.1 Å². The molecule has 1 aromatic carbocycles. The highest BCUT2D eigenvalue weighted by atomic mass is 127. The highest BCUT2D eigenvalue weighted by Crippen LogP contribution is 2.32. The second-order valence-corrected chi connectivity index (χ2v) is 5.80. The first-order valence-electron chi connectivity index (χ1n) is 8.82. The molecule has 0 fully saturated rings. The number of halogens is 1. The van der Waals surface area contributed by atoms with Crippen molar-refractivity contribution in [2.75, 3.05) is 46.6 Å². The number of fused-ring (bicyclic) bond motifs is 1. The monoisotopic (exact) mass is 462 g/mol. The number of guanidine groups is 1. The number of aliphatic imine (C=N–C) groups is 1. The van der Waals surface area contributed by atoms with Gasteiger partial charge in [-0.1, -0.05) is 19.9 Å². The number of nitrogens with one attached hydrogen (secondary N) is 2. The summed E-state index contributed by atoms with van der Waals surface area (Å²) in [6, 6.07) is 6.09. The van der Waals surface area contributed by atoms with Crippen molar-refractivity contribution in [3.05, 3.63) is 23.8 Å². The van der Waals surface area contributed by atoms with Gasteiger partial charge in [-0.25, -0.2) is 0 Å². The zero-order valence-corrected chi connectivity index (χ0v) is 17.8. The zero-order chi connectivity index (χ0) is 17.2. The van der Waals surface area contributed by atoms with E-state index in [-0.39, 0.29) is 24.0 Å². The Kier molecular flexibility index (Phi) is 10.6. The van der Waals surface area contributed by atoms with E-state index in [1.165, 1.54) is 12.0 Å². The van der Waals surface area contributed by atoms with Crippen molar-refractivity contribution in [3.63, 3.8) is 0 Å². The Balaban J connectivity index is 0.00000312. The van der Waals surface area contributed by atoms with Crippen LogP contribution in [-0.2, 0) is 6.42 Å². The van der Waals surface area contributed by atoms with E-state index in [1.54, 1.807) is 7.05 Å². The summed E-state index contributed by atoms with van der Waals surface area (Å²) in [6.45, 7) is 9.73. The minimum atomic E-state index is 0. The molecule has 0 aromatic heterocycles. The summed E-state index contributed by atoms with van der Waals surface area (Å²) in [5, 5.41) is 6.73. The van der Waals surface area contributed by atoms with Crippen molar-refractivity contribution in [3.8, 4) is 11.5 Å². The second kappa shape index (κ2) is 12.2. The van der Waals surface area contributed by atoms with Crippen LogP contribution in [0.1, 0.15) is 25.8 Å². The quantitative estimate of drug-likeness (QED) is 0.336. The first kappa shape index (κ1) is 21.8. The van der Waals surface area contributed by atoms with Crippen LogP contribution in [0.25, 0.3) is 0 Å². The lowest BCUT2D eigenvalue weighted by Gasteiger charge is -2.20. The molecule has 0 saturated carbocycles. The summed E-state index contributed by atoms with van der Waals surface area (Å²) in [6.07, 6.45) is 2.10. The summed E-state index contributed by atoms with van der Waals surface area (Å²) >= 11 is 0. The summed E-state index contributed by atoms with van der Waals surface area (Å²) in [4.78, 5) is 6.71. The summed E-state index contributed by atoms with van der Waals surface area (Å²) in [5.41, 5.74) is 1.22. The van der Waals surface area contributed by atoms with E-state index in [4.69, 9.17) is 9.47 Å². The highest BCUT2D eigenvalue weighted by Gasteiger charge is 2.12. The van der Waals surface area contributed by atoms with Crippen LogP contribution in [0.2, 0.25) is 0 Å². The van der Waals surface area contributed by atoms with Gasteiger partial charge in [0, 0.05) is 26.7 Å². The third-order valence-electron chi connectivity index (χ3n) is 4.07. The molecule has 0 spiro atoms. The summed E-state index contributed by atoms with van der Waals surface area (Å²) < 4.78 is 10.7. The van der Waals surface area contributed by atoms with Crippen LogP contribution in [0, 0.1) is 0 Å². The van der Waals surface area contributed by atoms with Gasteiger partial charge in [-0.05, 0) is 43.6 Å². The number of hydrogen-bond acceptors (Lipinski definition) is 4. The molecular weight excluding hydrogens is 431 g/mol. The van der Waals surface area contributed by atoms with Gasteiger partial charge in [0.2, 0.25) is 6.79 Å². The highest BCUT2D eigenvalue weighted by molar-refractivity contribution is 14.0. The van der Waals surface area contributed by atoms with Gasteiger partial charge < -0.3 is 25.0 Å². The van der Waals surface area contributed by atoms with Crippen LogP contribution in [0.3, 0.4) is 0 Å². The van der Waals surface area contributed by atoms with Crippen LogP contribution in [0.5, 0.6) is 11.5 Å². The van der Waals surface area contributed by atoms with Gasteiger partial charge in [-0.2, -0.15) is 0 Å². The third-order valence-corrected chi connectivity index (χ3v) is 4.07. The molecule has 7 heteroatoms. The fourth-order valence-corrected chi connectivity index (χ4v) is 2.72. The van der Waals surface area contributed by atoms with Gasteiger partial charge in [0.15, 0.2) is 17.5 Å². The van der Waals surface area contributed by atoms with Gasteiger partial charge >= 0.3 is 0 Å². The van der Waals surface area contributed by atoms with E-state index >= 15 is 0 Å². The Morgan fingerprint density at radius 2 is 1.88 bits per heavy atom. The van der Waals surface area contributed by atoms with E-state index in [0.717, 1.165) is 56.6 Å². The van der Waals surface area contributed by atoms with E-state index in [9.17, 15) is 0 Å². The number of likely N-dealkylation sites (N-methyl/N-ethyl adjacent to an activating group) is 1. The fourth-order valence-electron chi connectivity index (χ4n) is 2.72. The molecule has 0 atom stereocenters. The normalized spacial score (nSPS) is 12.9. The first-order valence-corrected chi connectivity index (χ1v) is 8.82. The molecule has 1 aromatic rings. The summed E-state index contributed by atoms with van der Waals surface area (Å²) in [5.74, 6) is 2.52. The summed E-state index contributed by atoms with van der Waals surface area (Å²) in [7, 11) is 1.81.